The van der Waals surface area contributed by atoms with E-state index in [-0.39, 0.29) is 27.3 Å². The van der Waals surface area contributed by atoms with Gasteiger partial charge in [-0.2, -0.15) is 0 Å². The molecule has 5 unspecified atom stereocenters. The zero-order valence-corrected chi connectivity index (χ0v) is 19.5. The van der Waals surface area contributed by atoms with Gasteiger partial charge in [-0.05, 0) is 80.2 Å². The molecule has 8 rings (SSSR count). The van der Waals surface area contributed by atoms with Crippen molar-refractivity contribution in [3.63, 3.8) is 0 Å². The number of ether oxygens (including phenoxy) is 2. The molecule has 7 bridgehead atoms. The average Bonchev–Trinajstić information content (AvgIpc) is 3.07. The molecule has 9 atom stereocenters. The highest BCUT2D eigenvalue weighted by Crippen LogP contribution is 3.13. The zero-order chi connectivity index (χ0) is 21.8. The first-order valence-electron chi connectivity index (χ1n) is 12.4. The summed E-state index contributed by atoms with van der Waals surface area (Å²) in [6, 6.07) is 4.16. The van der Waals surface area contributed by atoms with Gasteiger partial charge in [0.2, 0.25) is 0 Å². The van der Waals surface area contributed by atoms with Crippen molar-refractivity contribution in [1.82, 2.24) is 0 Å². The maximum atomic E-state index is 12.1. The largest absolute Gasteiger partial charge is 0.504 e. The molecule has 0 heterocycles. The number of methoxy groups -OCH3 is 2. The normalized spacial score (nSPS) is 53.3. The van der Waals surface area contributed by atoms with E-state index in [2.05, 4.69) is 26.8 Å². The van der Waals surface area contributed by atoms with Crippen LogP contribution in [0.15, 0.2) is 12.1 Å². The predicted molar refractivity (Wildman–Crippen MR) is 117 cm³/mol. The van der Waals surface area contributed by atoms with E-state index in [0.717, 1.165) is 38.5 Å². The summed E-state index contributed by atoms with van der Waals surface area (Å²) in [5, 5.41) is 23.7. The second-order valence-electron chi connectivity index (χ2n) is 12.1. The lowest BCUT2D eigenvalue weighted by Gasteiger charge is -2.58. The highest BCUT2D eigenvalue weighted by molar-refractivity contribution is 5.73. The molecule has 0 radical (unpaired) electrons. The summed E-state index contributed by atoms with van der Waals surface area (Å²) in [6.07, 6.45) is 7.35. The molecule has 4 nitrogen and oxygen atoms in total. The molecule has 31 heavy (non-hydrogen) atoms. The van der Waals surface area contributed by atoms with E-state index < -0.39 is 5.60 Å². The van der Waals surface area contributed by atoms with Crippen molar-refractivity contribution in [2.75, 3.05) is 14.2 Å². The van der Waals surface area contributed by atoms with Crippen LogP contribution in [-0.2, 0) is 16.6 Å². The average molecular weight is 425 g/mol. The fraction of sp³-hybridized carbons (Fsp3) is 0.778. The van der Waals surface area contributed by atoms with Gasteiger partial charge in [-0.25, -0.2) is 0 Å². The van der Waals surface area contributed by atoms with Gasteiger partial charge in [0.25, 0.3) is 0 Å². The number of rotatable bonds is 5. The van der Waals surface area contributed by atoms with E-state index >= 15 is 0 Å². The molecule has 1 aromatic rings. The van der Waals surface area contributed by atoms with E-state index in [4.69, 9.17) is 9.47 Å². The Hall–Kier alpha value is -1.26. The molecule has 0 amide bonds. The number of benzene rings is 1. The first-order valence-corrected chi connectivity index (χ1v) is 12.4. The monoisotopic (exact) mass is 424 g/mol. The Kier molecular flexibility index (Phi) is 3.08. The topological polar surface area (TPSA) is 58.9 Å². The van der Waals surface area contributed by atoms with Gasteiger partial charge in [0.1, 0.15) is 0 Å². The van der Waals surface area contributed by atoms with Crippen molar-refractivity contribution in [2.24, 2.45) is 34.0 Å². The van der Waals surface area contributed by atoms with Crippen molar-refractivity contribution >= 4 is 0 Å². The Labute approximate surface area is 185 Å². The van der Waals surface area contributed by atoms with Gasteiger partial charge < -0.3 is 19.7 Å². The summed E-state index contributed by atoms with van der Waals surface area (Å²) >= 11 is 0. The van der Waals surface area contributed by atoms with Gasteiger partial charge >= 0.3 is 0 Å². The van der Waals surface area contributed by atoms with Crippen LogP contribution < -0.4 is 4.74 Å². The maximum absolute atomic E-state index is 12.1. The van der Waals surface area contributed by atoms with Gasteiger partial charge in [0.15, 0.2) is 11.5 Å². The minimum Gasteiger partial charge on any atom is -0.504 e. The van der Waals surface area contributed by atoms with Gasteiger partial charge in [0.05, 0.1) is 18.3 Å². The molecule has 7 aliphatic rings. The Morgan fingerprint density at radius 2 is 2.03 bits per heavy atom. The number of fused-ring (bicyclic) bond motifs is 1. The minimum absolute atomic E-state index is 0.0531. The minimum atomic E-state index is -0.743. The fourth-order valence-electron chi connectivity index (χ4n) is 12.2. The van der Waals surface area contributed by atoms with E-state index in [1.165, 1.54) is 17.5 Å². The smallest absolute Gasteiger partial charge is 0.161 e. The number of hydrogen-bond acceptors (Lipinski definition) is 4. The number of aliphatic hydroxyl groups is 1. The van der Waals surface area contributed by atoms with Gasteiger partial charge in [-0.1, -0.05) is 26.3 Å². The third kappa shape index (κ3) is 1.30. The van der Waals surface area contributed by atoms with Crippen LogP contribution >= 0.6 is 0 Å². The van der Waals surface area contributed by atoms with Crippen molar-refractivity contribution < 1.29 is 19.7 Å². The Bertz CT molecular complexity index is 1030. The van der Waals surface area contributed by atoms with Crippen LogP contribution in [0.4, 0.5) is 0 Å². The fourth-order valence-corrected chi connectivity index (χ4v) is 12.2. The summed E-state index contributed by atoms with van der Waals surface area (Å²) in [4.78, 5) is 0. The molecule has 0 aromatic heterocycles. The molecule has 1 aromatic carbocycles. The molecule has 6 fully saturated rings. The third-order valence-corrected chi connectivity index (χ3v) is 12.3. The van der Waals surface area contributed by atoms with Crippen LogP contribution in [0.1, 0.15) is 70.4 Å². The molecule has 2 N–H and O–H groups in total. The lowest BCUT2D eigenvalue weighted by Crippen LogP contribution is -2.55. The number of aromatic hydroxyl groups is 1. The molecule has 0 aliphatic heterocycles. The molecule has 2 spiro atoms. The van der Waals surface area contributed by atoms with Crippen LogP contribution in [-0.4, -0.2) is 35.6 Å². The van der Waals surface area contributed by atoms with Crippen molar-refractivity contribution in [1.29, 1.82) is 0 Å². The number of hydrogen-bond donors (Lipinski definition) is 2. The van der Waals surface area contributed by atoms with Crippen molar-refractivity contribution in [3.05, 3.63) is 23.3 Å². The summed E-state index contributed by atoms with van der Waals surface area (Å²) in [5.74, 6) is 2.73. The van der Waals surface area contributed by atoms with E-state index in [1.54, 1.807) is 7.11 Å². The summed E-state index contributed by atoms with van der Waals surface area (Å²) in [7, 11) is 3.55. The van der Waals surface area contributed by atoms with Crippen LogP contribution in [0, 0.1) is 34.0 Å². The standard InChI is InChI=1S/C27H36O4/c1-6-10-22(3,29)26-14-23-17-12-16-7-8-18(30-4)21(28)20(16)24(23,11-9-15(17)2)25(26)13-19(23)27(25,26)31-5/h7-8,15,17,19,28-29H,6,9-14H2,1-5H3/t15?,17?,19-,22+,23?,24-,25?,26?,27+/m1/s1. The number of phenolic OH excluding ortho intramolecular Hbond substituents is 1. The summed E-state index contributed by atoms with van der Waals surface area (Å²) < 4.78 is 12.2. The lowest BCUT2D eigenvalue weighted by molar-refractivity contribution is -0.0794. The molecule has 0 saturated heterocycles. The molecule has 7 aliphatic carbocycles. The second kappa shape index (κ2) is 4.97. The second-order valence-corrected chi connectivity index (χ2v) is 12.1. The lowest BCUT2D eigenvalue weighted by atomic mass is 9.45. The third-order valence-electron chi connectivity index (χ3n) is 12.3. The summed E-state index contributed by atoms with van der Waals surface area (Å²) in [6.45, 7) is 6.73. The van der Waals surface area contributed by atoms with E-state index in [0.29, 0.717) is 29.3 Å². The van der Waals surface area contributed by atoms with E-state index in [9.17, 15) is 10.2 Å². The van der Waals surface area contributed by atoms with Crippen molar-refractivity contribution in [3.8, 4) is 11.5 Å². The molecule has 6 saturated carbocycles. The SMILES string of the molecule is CCC[C@](C)(O)C12CC34C5Cc6ccc(OC)c(O)c6[C@@]3(CCC5C)C13C[C@H]4[C@]32OC. The quantitative estimate of drug-likeness (QED) is 0.726. The summed E-state index contributed by atoms with van der Waals surface area (Å²) in [5.41, 5.74) is 1.31. The molecule has 4 heteroatoms. The Morgan fingerprint density at radius 3 is 2.71 bits per heavy atom. The maximum Gasteiger partial charge on any atom is 0.161 e. The van der Waals surface area contributed by atoms with Crippen LogP contribution in [0.3, 0.4) is 0 Å². The van der Waals surface area contributed by atoms with Gasteiger partial charge in [-0.3, -0.25) is 0 Å². The number of phenols is 1. The molecular weight excluding hydrogens is 388 g/mol. The van der Waals surface area contributed by atoms with Gasteiger partial charge in [0, 0.05) is 28.9 Å². The van der Waals surface area contributed by atoms with Crippen LogP contribution in [0.5, 0.6) is 11.5 Å². The van der Waals surface area contributed by atoms with Crippen molar-refractivity contribution in [2.45, 2.75) is 82.3 Å². The van der Waals surface area contributed by atoms with Gasteiger partial charge in [-0.15, -0.1) is 0 Å². The van der Waals surface area contributed by atoms with E-state index in [1.807, 2.05) is 13.2 Å². The molecular formula is C27H36O4. The highest BCUT2D eigenvalue weighted by Gasteiger charge is 3.17. The first-order chi connectivity index (χ1) is 14.7. The molecule has 168 valence electrons. The van der Waals surface area contributed by atoms with Crippen LogP contribution in [0.25, 0.3) is 0 Å². The predicted octanol–water partition coefficient (Wildman–Crippen LogP) is 4.59. The zero-order valence-electron chi connectivity index (χ0n) is 19.5. The van der Waals surface area contributed by atoms with Crippen LogP contribution in [0.2, 0.25) is 0 Å². The first kappa shape index (κ1) is 19.2. The Morgan fingerprint density at radius 1 is 1.26 bits per heavy atom. The Balaban J connectivity index is 1.58. The highest BCUT2D eigenvalue weighted by atomic mass is 16.5.